The van der Waals surface area contributed by atoms with E-state index in [0.717, 1.165) is 4.47 Å². The Morgan fingerprint density at radius 3 is 2.56 bits per heavy atom. The summed E-state index contributed by atoms with van der Waals surface area (Å²) in [6, 6.07) is 12.7. The van der Waals surface area contributed by atoms with Crippen molar-refractivity contribution in [2.24, 2.45) is 0 Å². The summed E-state index contributed by atoms with van der Waals surface area (Å²) in [6.45, 7) is 1.57. The van der Waals surface area contributed by atoms with Gasteiger partial charge in [-0.05, 0) is 48.9 Å². The van der Waals surface area contributed by atoms with Gasteiger partial charge in [0.25, 0.3) is 11.8 Å². The molecule has 0 bridgehead atoms. The van der Waals surface area contributed by atoms with Crippen molar-refractivity contribution in [2.45, 2.75) is 13.0 Å². The van der Waals surface area contributed by atoms with E-state index in [9.17, 15) is 14.0 Å². The molecule has 0 heterocycles. The Balaban J connectivity index is 1.80. The Kier molecular flexibility index (Phi) is 6.71. The molecule has 0 spiro atoms. The number of amides is 2. The van der Waals surface area contributed by atoms with Crippen LogP contribution in [0.4, 0.5) is 4.39 Å². The van der Waals surface area contributed by atoms with Gasteiger partial charge in [0, 0.05) is 10.5 Å². The Morgan fingerprint density at radius 2 is 1.88 bits per heavy atom. The normalized spacial score (nSPS) is 11.8. The van der Waals surface area contributed by atoms with Crippen LogP contribution in [0.2, 0.25) is 0 Å². The van der Waals surface area contributed by atoms with Crippen LogP contribution >= 0.6 is 15.9 Å². The second-order valence-corrected chi connectivity index (χ2v) is 6.00. The minimum absolute atomic E-state index is 0.353. The van der Waals surface area contributed by atoms with Gasteiger partial charge in [-0.2, -0.15) is 0 Å². The van der Waals surface area contributed by atoms with Gasteiger partial charge in [0.05, 0.1) is 0 Å². The van der Waals surface area contributed by atoms with Crippen molar-refractivity contribution >= 4 is 33.8 Å². The van der Waals surface area contributed by atoms with Crippen LogP contribution < -0.4 is 15.6 Å². The molecule has 0 aromatic heterocycles. The lowest BCUT2D eigenvalue weighted by Gasteiger charge is -2.14. The van der Waals surface area contributed by atoms with Crippen LogP contribution in [0.3, 0.4) is 0 Å². The first-order chi connectivity index (χ1) is 11.9. The fourth-order valence-electron chi connectivity index (χ4n) is 1.81. The monoisotopic (exact) mass is 406 g/mol. The summed E-state index contributed by atoms with van der Waals surface area (Å²) >= 11 is 3.31. The quantitative estimate of drug-likeness (QED) is 0.591. The van der Waals surface area contributed by atoms with Gasteiger partial charge in [0.2, 0.25) is 0 Å². The minimum atomic E-state index is -0.796. The molecule has 0 saturated heterocycles. The highest BCUT2D eigenvalue weighted by Crippen LogP contribution is 2.18. The average Bonchev–Trinajstić information content (AvgIpc) is 2.59. The lowest BCUT2D eigenvalue weighted by Crippen LogP contribution is -2.46. The molecule has 0 aliphatic carbocycles. The third-order valence-corrected chi connectivity index (χ3v) is 3.58. The van der Waals surface area contributed by atoms with Crippen molar-refractivity contribution in [3.63, 3.8) is 0 Å². The lowest BCUT2D eigenvalue weighted by molar-refractivity contribution is -0.131. The second kappa shape index (κ2) is 8.98. The van der Waals surface area contributed by atoms with E-state index in [1.807, 2.05) is 6.07 Å². The van der Waals surface area contributed by atoms with E-state index in [0.29, 0.717) is 11.3 Å². The number of rotatable bonds is 5. The summed E-state index contributed by atoms with van der Waals surface area (Å²) in [5, 5.41) is 0. The predicted octanol–water partition coefficient (Wildman–Crippen LogP) is 3.22. The summed E-state index contributed by atoms with van der Waals surface area (Å²) in [4.78, 5) is 23.6. The highest BCUT2D eigenvalue weighted by Gasteiger charge is 2.14. The lowest BCUT2D eigenvalue weighted by atomic mass is 10.2. The molecule has 0 aliphatic heterocycles. The highest BCUT2D eigenvalue weighted by atomic mass is 79.9. The van der Waals surface area contributed by atoms with Crippen LogP contribution in [-0.4, -0.2) is 17.9 Å². The van der Waals surface area contributed by atoms with E-state index >= 15 is 0 Å². The van der Waals surface area contributed by atoms with Crippen molar-refractivity contribution in [1.82, 2.24) is 10.9 Å². The fraction of sp³-hybridized carbons (Fsp3) is 0.111. The molecule has 7 heteroatoms. The van der Waals surface area contributed by atoms with Gasteiger partial charge >= 0.3 is 0 Å². The molecule has 2 aromatic rings. The number of benzene rings is 2. The maximum atomic E-state index is 12.8. The van der Waals surface area contributed by atoms with Crippen LogP contribution in [0.1, 0.15) is 12.5 Å². The molecule has 2 amide bonds. The molecule has 130 valence electrons. The van der Waals surface area contributed by atoms with E-state index < -0.39 is 17.9 Å². The number of hydrazine groups is 1. The number of ether oxygens (including phenoxy) is 1. The van der Waals surface area contributed by atoms with Gasteiger partial charge in [-0.15, -0.1) is 0 Å². The Morgan fingerprint density at radius 1 is 1.16 bits per heavy atom. The van der Waals surface area contributed by atoms with Crippen LogP contribution in [0.25, 0.3) is 6.08 Å². The van der Waals surface area contributed by atoms with Gasteiger partial charge < -0.3 is 4.74 Å². The summed E-state index contributed by atoms with van der Waals surface area (Å²) in [5.74, 6) is -0.844. The van der Waals surface area contributed by atoms with E-state index in [1.54, 1.807) is 25.1 Å². The van der Waals surface area contributed by atoms with Gasteiger partial charge in [-0.25, -0.2) is 4.39 Å². The topological polar surface area (TPSA) is 67.4 Å². The number of hydrogen-bond acceptors (Lipinski definition) is 3. The van der Waals surface area contributed by atoms with Crippen molar-refractivity contribution in [2.75, 3.05) is 0 Å². The fourth-order valence-corrected chi connectivity index (χ4v) is 2.19. The second-order valence-electron chi connectivity index (χ2n) is 5.08. The molecule has 2 N–H and O–H groups in total. The molecule has 5 nitrogen and oxygen atoms in total. The summed E-state index contributed by atoms with van der Waals surface area (Å²) in [7, 11) is 0. The zero-order chi connectivity index (χ0) is 18.2. The molecule has 25 heavy (non-hydrogen) atoms. The third-order valence-electron chi connectivity index (χ3n) is 3.08. The number of carbonyl (C=O) groups is 2. The first kappa shape index (κ1) is 18.7. The predicted molar refractivity (Wildman–Crippen MR) is 96.0 cm³/mol. The largest absolute Gasteiger partial charge is 0.481 e. The number of halogens is 2. The molecule has 1 atom stereocenters. The molecular formula is C18H16BrFN2O3. The Hall–Kier alpha value is -2.67. The Labute approximate surface area is 153 Å². The van der Waals surface area contributed by atoms with E-state index in [2.05, 4.69) is 26.8 Å². The average molecular weight is 407 g/mol. The zero-order valence-electron chi connectivity index (χ0n) is 13.3. The maximum absolute atomic E-state index is 12.8. The Bertz CT molecular complexity index is 778. The number of hydrogen-bond donors (Lipinski definition) is 2. The SMILES string of the molecule is C[C@@H](Oc1cccc(Br)c1)C(=O)NNC(=O)/C=C/c1ccc(F)cc1. The van der Waals surface area contributed by atoms with E-state index in [1.165, 1.54) is 36.4 Å². The van der Waals surface area contributed by atoms with E-state index in [4.69, 9.17) is 4.74 Å². The van der Waals surface area contributed by atoms with Crippen LogP contribution in [0, 0.1) is 5.82 Å². The zero-order valence-corrected chi connectivity index (χ0v) is 14.9. The molecule has 0 unspecified atom stereocenters. The summed E-state index contributed by atoms with van der Waals surface area (Å²) < 4.78 is 19.1. The molecule has 0 fully saturated rings. The van der Waals surface area contributed by atoms with Crippen molar-refractivity contribution < 1.29 is 18.7 Å². The molecule has 2 aromatic carbocycles. The standard InChI is InChI=1S/C18H16BrFN2O3/c1-12(25-16-4-2-3-14(19)11-16)18(24)22-21-17(23)10-7-13-5-8-15(20)9-6-13/h2-12H,1H3,(H,21,23)(H,22,24)/b10-7+/t12-/m1/s1. The van der Waals surface area contributed by atoms with Crippen molar-refractivity contribution in [3.05, 3.63) is 70.5 Å². The smallest absolute Gasteiger partial charge is 0.279 e. The number of carbonyl (C=O) groups excluding carboxylic acids is 2. The van der Waals surface area contributed by atoms with Crippen LogP contribution in [0.15, 0.2) is 59.1 Å². The van der Waals surface area contributed by atoms with Gasteiger partial charge in [0.15, 0.2) is 6.10 Å². The molecule has 0 aliphatic rings. The highest BCUT2D eigenvalue weighted by molar-refractivity contribution is 9.10. The molecule has 0 saturated carbocycles. The van der Waals surface area contributed by atoms with E-state index in [-0.39, 0.29) is 5.82 Å². The summed E-state index contributed by atoms with van der Waals surface area (Å²) in [6.07, 6.45) is 1.94. The first-order valence-electron chi connectivity index (χ1n) is 7.40. The first-order valence-corrected chi connectivity index (χ1v) is 8.19. The van der Waals surface area contributed by atoms with Crippen LogP contribution in [-0.2, 0) is 9.59 Å². The van der Waals surface area contributed by atoms with Gasteiger partial charge in [-0.1, -0.05) is 34.1 Å². The van der Waals surface area contributed by atoms with Crippen molar-refractivity contribution in [3.8, 4) is 5.75 Å². The van der Waals surface area contributed by atoms with Gasteiger partial charge in [0.1, 0.15) is 11.6 Å². The van der Waals surface area contributed by atoms with Gasteiger partial charge in [-0.3, -0.25) is 20.4 Å². The molecular weight excluding hydrogens is 391 g/mol. The molecule has 0 radical (unpaired) electrons. The molecule has 2 rings (SSSR count). The maximum Gasteiger partial charge on any atom is 0.279 e. The number of nitrogens with one attached hydrogen (secondary N) is 2. The van der Waals surface area contributed by atoms with Crippen molar-refractivity contribution in [1.29, 1.82) is 0 Å². The minimum Gasteiger partial charge on any atom is -0.481 e. The summed E-state index contributed by atoms with van der Waals surface area (Å²) in [5.41, 5.74) is 5.19. The third kappa shape index (κ3) is 6.39. The van der Waals surface area contributed by atoms with Crippen LogP contribution in [0.5, 0.6) is 5.75 Å².